The number of hydrogen-bond acceptors (Lipinski definition) is 6. The van der Waals surface area contributed by atoms with Gasteiger partial charge in [0.25, 0.3) is 0 Å². The first-order valence-corrected chi connectivity index (χ1v) is 13.4. The average molecular weight is 449 g/mol. The van der Waals surface area contributed by atoms with E-state index in [-0.39, 0.29) is 41.2 Å². The van der Waals surface area contributed by atoms with Crippen LogP contribution in [0.5, 0.6) is 0 Å². The third-order valence-corrected chi connectivity index (χ3v) is 9.15. The van der Waals surface area contributed by atoms with Crippen molar-refractivity contribution in [3.05, 3.63) is 65.7 Å². The van der Waals surface area contributed by atoms with Crippen LogP contribution in [0.1, 0.15) is 29.6 Å². The van der Waals surface area contributed by atoms with Gasteiger partial charge in [-0.3, -0.25) is 9.69 Å². The largest absolute Gasteiger partial charge is 0.348 e. The number of hydrogen-bond donors (Lipinski definition) is 1. The van der Waals surface area contributed by atoms with Crippen LogP contribution < -0.4 is 5.32 Å². The summed E-state index contributed by atoms with van der Waals surface area (Å²) in [6.45, 7) is 0.565. The van der Waals surface area contributed by atoms with Crippen molar-refractivity contribution in [2.75, 3.05) is 30.3 Å². The van der Waals surface area contributed by atoms with E-state index in [9.17, 15) is 21.6 Å². The van der Waals surface area contributed by atoms with Gasteiger partial charge in [-0.15, -0.1) is 0 Å². The molecular formula is C21H24N2O5S2. The Balaban J connectivity index is 1.62. The lowest BCUT2D eigenvalue weighted by atomic mass is 10.0. The summed E-state index contributed by atoms with van der Waals surface area (Å²) in [4.78, 5) is 15.5. The van der Waals surface area contributed by atoms with E-state index in [0.29, 0.717) is 12.0 Å². The van der Waals surface area contributed by atoms with Gasteiger partial charge in [0.05, 0.1) is 28.2 Å². The number of nitrogens with zero attached hydrogens (tertiary/aromatic N) is 1. The molecule has 0 saturated carbocycles. The van der Waals surface area contributed by atoms with Gasteiger partial charge < -0.3 is 5.32 Å². The monoisotopic (exact) mass is 448 g/mol. The smallest absolute Gasteiger partial charge is 0.242 e. The fourth-order valence-electron chi connectivity index (χ4n) is 4.14. The van der Waals surface area contributed by atoms with Crippen molar-refractivity contribution in [2.24, 2.45) is 0 Å². The fraction of sp³-hybridized carbons (Fsp3) is 0.381. The molecule has 2 aromatic carbocycles. The lowest BCUT2D eigenvalue weighted by Crippen LogP contribution is -2.48. The molecule has 1 fully saturated rings. The number of nitrogens with one attached hydrogen (secondary N) is 1. The first kappa shape index (κ1) is 21.0. The first-order chi connectivity index (χ1) is 14.3. The van der Waals surface area contributed by atoms with Gasteiger partial charge in [0.1, 0.15) is 6.04 Å². The Morgan fingerprint density at radius 3 is 2.23 bits per heavy atom. The van der Waals surface area contributed by atoms with E-state index in [1.165, 1.54) is 0 Å². The molecule has 0 bridgehead atoms. The van der Waals surface area contributed by atoms with Gasteiger partial charge in [-0.05, 0) is 23.6 Å². The van der Waals surface area contributed by atoms with Crippen molar-refractivity contribution in [3.8, 4) is 0 Å². The quantitative estimate of drug-likeness (QED) is 0.761. The highest BCUT2D eigenvalue weighted by molar-refractivity contribution is 7.91. The summed E-state index contributed by atoms with van der Waals surface area (Å²) in [5.41, 5.74) is 1.39. The highest BCUT2D eigenvalue weighted by Crippen LogP contribution is 2.33. The van der Waals surface area contributed by atoms with E-state index in [2.05, 4.69) is 5.32 Å². The van der Waals surface area contributed by atoms with Crippen molar-refractivity contribution in [3.63, 3.8) is 0 Å². The molecule has 2 aliphatic heterocycles. The molecule has 1 amide bonds. The van der Waals surface area contributed by atoms with E-state index in [4.69, 9.17) is 0 Å². The lowest BCUT2D eigenvalue weighted by molar-refractivity contribution is -0.127. The number of fused-ring (bicyclic) bond motifs is 1. The Morgan fingerprint density at radius 1 is 0.900 bits per heavy atom. The van der Waals surface area contributed by atoms with Gasteiger partial charge in [0.15, 0.2) is 19.7 Å². The molecule has 2 aliphatic rings. The van der Waals surface area contributed by atoms with Crippen LogP contribution in [-0.4, -0.2) is 58.0 Å². The average Bonchev–Trinajstić information content (AvgIpc) is 2.73. The van der Waals surface area contributed by atoms with Crippen molar-refractivity contribution in [1.82, 2.24) is 10.2 Å². The van der Waals surface area contributed by atoms with Crippen molar-refractivity contribution in [1.29, 1.82) is 0 Å². The number of carbonyl (C=O) groups excluding carboxylic acids is 1. The van der Waals surface area contributed by atoms with Crippen LogP contribution in [0, 0.1) is 0 Å². The molecule has 30 heavy (non-hydrogen) atoms. The van der Waals surface area contributed by atoms with Crippen LogP contribution in [-0.2, 0) is 24.5 Å². The lowest BCUT2D eigenvalue weighted by Gasteiger charge is -2.35. The summed E-state index contributed by atoms with van der Waals surface area (Å²) in [6, 6.07) is 15.0. The molecule has 0 spiro atoms. The fourth-order valence-corrected chi connectivity index (χ4v) is 6.99. The number of rotatable bonds is 4. The topological polar surface area (TPSA) is 101 Å². The molecule has 0 aromatic heterocycles. The summed E-state index contributed by atoms with van der Waals surface area (Å²) >= 11 is 0. The Morgan fingerprint density at radius 2 is 1.53 bits per heavy atom. The van der Waals surface area contributed by atoms with Gasteiger partial charge in [0, 0.05) is 13.1 Å². The predicted molar refractivity (Wildman–Crippen MR) is 113 cm³/mol. The molecule has 7 nitrogen and oxygen atoms in total. The minimum absolute atomic E-state index is 0.0209. The Bertz CT molecular complexity index is 1130. The Kier molecular flexibility index (Phi) is 5.69. The SMILES string of the molecule is O=C(NC1CCS(=O)(=O)c2ccccc21)C(c1ccccc1)N1CCS(=O)(=O)CC1. The van der Waals surface area contributed by atoms with Crippen LogP contribution in [0.25, 0.3) is 0 Å². The molecule has 160 valence electrons. The van der Waals surface area contributed by atoms with E-state index < -0.39 is 31.8 Å². The maximum atomic E-state index is 13.4. The van der Waals surface area contributed by atoms with Gasteiger partial charge in [-0.2, -0.15) is 0 Å². The second-order valence-corrected chi connectivity index (χ2v) is 12.1. The summed E-state index contributed by atoms with van der Waals surface area (Å²) in [6.07, 6.45) is 0.307. The zero-order valence-electron chi connectivity index (χ0n) is 16.4. The van der Waals surface area contributed by atoms with E-state index in [1.807, 2.05) is 35.2 Å². The second-order valence-electron chi connectivity index (χ2n) is 7.71. The number of benzene rings is 2. The predicted octanol–water partition coefficient (Wildman–Crippen LogP) is 1.49. The van der Waals surface area contributed by atoms with Crippen LogP contribution in [0.3, 0.4) is 0 Å². The highest BCUT2D eigenvalue weighted by Gasteiger charge is 2.36. The second kappa shape index (κ2) is 8.13. The molecule has 2 unspecified atom stereocenters. The summed E-state index contributed by atoms with van der Waals surface area (Å²) in [7, 11) is -6.42. The molecule has 0 radical (unpaired) electrons. The normalized spacial score (nSPS) is 23.8. The highest BCUT2D eigenvalue weighted by atomic mass is 32.2. The standard InChI is InChI=1S/C21H24N2O5S2/c24-21(22-18-10-13-30(27,28)19-9-5-4-8-17(18)19)20(16-6-2-1-3-7-16)23-11-14-29(25,26)15-12-23/h1-9,18,20H,10-15H2,(H,22,24). The van der Waals surface area contributed by atoms with Crippen molar-refractivity contribution in [2.45, 2.75) is 23.4 Å². The number of carbonyl (C=O) groups is 1. The molecular weight excluding hydrogens is 424 g/mol. The van der Waals surface area contributed by atoms with Crippen molar-refractivity contribution < 1.29 is 21.6 Å². The van der Waals surface area contributed by atoms with Crippen LogP contribution in [0.4, 0.5) is 0 Å². The number of sulfone groups is 2. The molecule has 4 rings (SSSR count). The third kappa shape index (κ3) is 4.28. The first-order valence-electron chi connectivity index (χ1n) is 9.88. The minimum Gasteiger partial charge on any atom is -0.348 e. The third-order valence-electron chi connectivity index (χ3n) is 5.73. The molecule has 0 aliphatic carbocycles. The summed E-state index contributed by atoms with van der Waals surface area (Å²) < 4.78 is 48.5. The molecule has 2 atom stereocenters. The van der Waals surface area contributed by atoms with Gasteiger partial charge >= 0.3 is 0 Å². The van der Waals surface area contributed by atoms with E-state index >= 15 is 0 Å². The molecule has 9 heteroatoms. The van der Waals surface area contributed by atoms with Gasteiger partial charge in [0.2, 0.25) is 5.91 Å². The zero-order valence-corrected chi connectivity index (χ0v) is 18.0. The molecule has 2 aromatic rings. The van der Waals surface area contributed by atoms with Gasteiger partial charge in [-0.25, -0.2) is 16.8 Å². The Labute approximate surface area is 176 Å². The maximum absolute atomic E-state index is 13.4. The van der Waals surface area contributed by atoms with Gasteiger partial charge in [-0.1, -0.05) is 48.5 Å². The molecule has 1 saturated heterocycles. The summed E-state index contributed by atoms with van der Waals surface area (Å²) in [5.74, 6) is -0.227. The van der Waals surface area contributed by atoms with E-state index in [1.54, 1.807) is 24.3 Å². The summed E-state index contributed by atoms with van der Waals surface area (Å²) in [5, 5.41) is 3.03. The Hall–Kier alpha value is -2.23. The zero-order chi connectivity index (χ0) is 21.4. The van der Waals surface area contributed by atoms with Crippen LogP contribution in [0.2, 0.25) is 0 Å². The van der Waals surface area contributed by atoms with Crippen molar-refractivity contribution >= 4 is 25.6 Å². The maximum Gasteiger partial charge on any atom is 0.242 e. The minimum atomic E-state index is -3.35. The molecule has 1 N–H and O–H groups in total. The van der Waals surface area contributed by atoms with Crippen LogP contribution >= 0.6 is 0 Å². The number of amides is 1. The van der Waals surface area contributed by atoms with E-state index in [0.717, 1.165) is 5.56 Å². The van der Waals surface area contributed by atoms with Crippen LogP contribution in [0.15, 0.2) is 59.5 Å². The molecule has 2 heterocycles.